The van der Waals surface area contributed by atoms with Crippen LogP contribution in [0.5, 0.6) is 0 Å². The summed E-state index contributed by atoms with van der Waals surface area (Å²) in [6, 6.07) is -0.146. The van der Waals surface area contributed by atoms with Crippen molar-refractivity contribution in [3.63, 3.8) is 0 Å². The Kier molecular flexibility index (Phi) is 2.47. The fraction of sp³-hybridized carbons (Fsp3) is 0.750. The van der Waals surface area contributed by atoms with Crippen molar-refractivity contribution in [2.24, 2.45) is 11.1 Å². The summed E-state index contributed by atoms with van der Waals surface area (Å²) in [5, 5.41) is 3.51. The highest BCUT2D eigenvalue weighted by Crippen LogP contribution is 2.26. The summed E-state index contributed by atoms with van der Waals surface area (Å²) < 4.78 is 4.86. The van der Waals surface area contributed by atoms with Crippen LogP contribution in [0.25, 0.3) is 0 Å². The van der Waals surface area contributed by atoms with E-state index in [1.54, 1.807) is 0 Å². The van der Waals surface area contributed by atoms with E-state index in [1.165, 1.54) is 6.33 Å². The van der Waals surface area contributed by atoms with E-state index < -0.39 is 0 Å². The molecule has 0 amide bonds. The lowest BCUT2D eigenvalue weighted by Crippen LogP contribution is -2.18. The molecule has 0 saturated heterocycles. The van der Waals surface area contributed by atoms with Gasteiger partial charge in [-0.05, 0) is 11.8 Å². The van der Waals surface area contributed by atoms with Gasteiger partial charge in [-0.3, -0.25) is 0 Å². The molecule has 1 rings (SSSR count). The van der Waals surface area contributed by atoms with Gasteiger partial charge in [0, 0.05) is 0 Å². The van der Waals surface area contributed by atoms with E-state index >= 15 is 0 Å². The van der Waals surface area contributed by atoms with Crippen molar-refractivity contribution in [1.29, 1.82) is 0 Å². The van der Waals surface area contributed by atoms with Crippen molar-refractivity contribution >= 4 is 0 Å². The van der Waals surface area contributed by atoms with E-state index in [9.17, 15) is 0 Å². The average Bonchev–Trinajstić information content (AvgIpc) is 2.32. The van der Waals surface area contributed by atoms with Gasteiger partial charge in [0.2, 0.25) is 5.89 Å². The standard InChI is InChI=1S/C8H15N3O/c1-8(2,3)4-6(9)7-10-5-11-12-7/h5-6H,4,9H2,1-3H3. The average molecular weight is 169 g/mol. The summed E-state index contributed by atoms with van der Waals surface area (Å²) in [6.45, 7) is 6.38. The van der Waals surface area contributed by atoms with E-state index in [4.69, 9.17) is 10.3 Å². The Morgan fingerprint density at radius 3 is 2.67 bits per heavy atom. The molecule has 0 aromatic carbocycles. The lowest BCUT2D eigenvalue weighted by atomic mass is 9.88. The summed E-state index contributed by atoms with van der Waals surface area (Å²) in [7, 11) is 0. The van der Waals surface area contributed by atoms with Crippen LogP contribution in [0.4, 0.5) is 0 Å². The first kappa shape index (κ1) is 9.19. The highest BCUT2D eigenvalue weighted by Gasteiger charge is 2.20. The summed E-state index contributed by atoms with van der Waals surface area (Å²) >= 11 is 0. The molecule has 4 heteroatoms. The van der Waals surface area contributed by atoms with Crippen molar-refractivity contribution in [3.8, 4) is 0 Å². The van der Waals surface area contributed by atoms with Crippen molar-refractivity contribution in [2.45, 2.75) is 33.2 Å². The zero-order valence-corrected chi connectivity index (χ0v) is 7.74. The number of hydrogen-bond acceptors (Lipinski definition) is 4. The monoisotopic (exact) mass is 169 g/mol. The maximum Gasteiger partial charge on any atom is 0.243 e. The second-order valence-corrected chi connectivity index (χ2v) is 4.15. The predicted octanol–water partition coefficient (Wildman–Crippen LogP) is 1.51. The topological polar surface area (TPSA) is 64.9 Å². The minimum Gasteiger partial charge on any atom is -0.338 e. The van der Waals surface area contributed by atoms with Crippen molar-refractivity contribution < 1.29 is 4.52 Å². The SMILES string of the molecule is CC(C)(C)CC(N)c1ncno1. The molecule has 1 aromatic rings. The smallest absolute Gasteiger partial charge is 0.243 e. The van der Waals surface area contributed by atoms with Gasteiger partial charge in [-0.15, -0.1) is 0 Å². The molecule has 0 aliphatic heterocycles. The van der Waals surface area contributed by atoms with Gasteiger partial charge in [0.15, 0.2) is 6.33 Å². The molecule has 0 bridgehead atoms. The molecule has 0 aliphatic rings. The van der Waals surface area contributed by atoms with Crippen LogP contribution in [0.3, 0.4) is 0 Å². The molecule has 0 radical (unpaired) electrons. The van der Waals surface area contributed by atoms with Crippen molar-refractivity contribution in [1.82, 2.24) is 10.1 Å². The molecule has 68 valence electrons. The van der Waals surface area contributed by atoms with Crippen molar-refractivity contribution in [2.75, 3.05) is 0 Å². The number of hydrogen-bond donors (Lipinski definition) is 1. The van der Waals surface area contributed by atoms with Crippen LogP contribution in [0.1, 0.15) is 39.1 Å². The van der Waals surface area contributed by atoms with E-state index in [0.717, 1.165) is 6.42 Å². The molecule has 0 aliphatic carbocycles. The largest absolute Gasteiger partial charge is 0.338 e. The molecule has 12 heavy (non-hydrogen) atoms. The lowest BCUT2D eigenvalue weighted by Gasteiger charge is -2.20. The Bertz CT molecular complexity index is 225. The van der Waals surface area contributed by atoms with Gasteiger partial charge in [-0.25, -0.2) is 0 Å². The second kappa shape index (κ2) is 3.23. The van der Waals surface area contributed by atoms with E-state index in [-0.39, 0.29) is 11.5 Å². The summed E-state index contributed by atoms with van der Waals surface area (Å²) in [5.41, 5.74) is 6.02. The van der Waals surface area contributed by atoms with Crippen LogP contribution in [0.15, 0.2) is 10.9 Å². The molecule has 1 atom stereocenters. The van der Waals surface area contributed by atoms with Crippen LogP contribution in [0.2, 0.25) is 0 Å². The molecule has 4 nitrogen and oxygen atoms in total. The van der Waals surface area contributed by atoms with Crippen molar-refractivity contribution in [3.05, 3.63) is 12.2 Å². The van der Waals surface area contributed by atoms with Gasteiger partial charge in [0.25, 0.3) is 0 Å². The number of nitrogens with two attached hydrogens (primary N) is 1. The molecular weight excluding hydrogens is 154 g/mol. The van der Waals surface area contributed by atoms with E-state index in [1.807, 2.05) is 0 Å². The van der Waals surface area contributed by atoms with Crippen LogP contribution in [0, 0.1) is 5.41 Å². The molecular formula is C8H15N3O. The predicted molar refractivity (Wildman–Crippen MR) is 45.3 cm³/mol. The summed E-state index contributed by atoms with van der Waals surface area (Å²) in [5.74, 6) is 0.518. The molecule has 0 fully saturated rings. The molecule has 1 heterocycles. The number of nitrogens with zero attached hydrogens (tertiary/aromatic N) is 2. The Morgan fingerprint density at radius 1 is 1.58 bits per heavy atom. The third kappa shape index (κ3) is 2.62. The quantitative estimate of drug-likeness (QED) is 0.728. The van der Waals surface area contributed by atoms with Crippen LogP contribution < -0.4 is 5.73 Å². The first-order valence-corrected chi connectivity index (χ1v) is 4.01. The van der Waals surface area contributed by atoms with Gasteiger partial charge < -0.3 is 10.3 Å². The highest BCUT2D eigenvalue weighted by molar-refractivity contribution is 4.87. The summed E-state index contributed by atoms with van der Waals surface area (Å²) in [4.78, 5) is 3.90. The Balaban J connectivity index is 2.56. The highest BCUT2D eigenvalue weighted by atomic mass is 16.5. The fourth-order valence-electron chi connectivity index (χ4n) is 1.09. The van der Waals surface area contributed by atoms with Gasteiger partial charge in [0.05, 0.1) is 6.04 Å². The van der Waals surface area contributed by atoms with Gasteiger partial charge in [-0.2, -0.15) is 4.98 Å². The molecule has 2 N–H and O–H groups in total. The maximum absolute atomic E-state index is 5.83. The Labute approximate surface area is 72.1 Å². The third-order valence-corrected chi connectivity index (χ3v) is 1.53. The normalized spacial score (nSPS) is 14.7. The Morgan fingerprint density at radius 2 is 2.25 bits per heavy atom. The maximum atomic E-state index is 5.83. The molecule has 1 aromatic heterocycles. The molecule has 1 unspecified atom stereocenters. The van der Waals surface area contributed by atoms with Crippen LogP contribution in [-0.2, 0) is 0 Å². The second-order valence-electron chi connectivity index (χ2n) is 4.15. The van der Waals surface area contributed by atoms with E-state index in [2.05, 4.69) is 30.9 Å². The summed E-state index contributed by atoms with van der Waals surface area (Å²) in [6.07, 6.45) is 2.22. The Hall–Kier alpha value is -0.900. The zero-order chi connectivity index (χ0) is 9.19. The minimum absolute atomic E-state index is 0.146. The lowest BCUT2D eigenvalue weighted by molar-refractivity contribution is 0.287. The molecule has 0 saturated carbocycles. The van der Waals surface area contributed by atoms with Gasteiger partial charge in [-0.1, -0.05) is 25.9 Å². The zero-order valence-electron chi connectivity index (χ0n) is 7.74. The fourth-order valence-corrected chi connectivity index (χ4v) is 1.09. The first-order chi connectivity index (χ1) is 5.49. The van der Waals surface area contributed by atoms with Gasteiger partial charge >= 0.3 is 0 Å². The van der Waals surface area contributed by atoms with Crippen LogP contribution in [-0.4, -0.2) is 10.1 Å². The first-order valence-electron chi connectivity index (χ1n) is 4.01. The number of aromatic nitrogens is 2. The minimum atomic E-state index is -0.146. The molecule has 0 spiro atoms. The van der Waals surface area contributed by atoms with E-state index in [0.29, 0.717) is 5.89 Å². The van der Waals surface area contributed by atoms with Crippen LogP contribution >= 0.6 is 0 Å². The number of rotatable bonds is 2. The third-order valence-electron chi connectivity index (χ3n) is 1.53. The van der Waals surface area contributed by atoms with Gasteiger partial charge in [0.1, 0.15) is 0 Å².